The molecule has 4 heteroatoms. The maximum absolute atomic E-state index is 11.6. The average Bonchev–Trinajstić information content (AvgIpc) is 2.20. The number of amides is 2. The molecule has 2 amide bonds. The molecule has 13 heavy (non-hydrogen) atoms. The van der Waals surface area contributed by atoms with Gasteiger partial charge in [0.05, 0.1) is 0 Å². The van der Waals surface area contributed by atoms with Crippen LogP contribution in [-0.2, 0) is 0 Å². The molecule has 0 aromatic carbocycles. The molecule has 0 saturated carbocycles. The van der Waals surface area contributed by atoms with Gasteiger partial charge in [-0.1, -0.05) is 0 Å². The van der Waals surface area contributed by atoms with E-state index >= 15 is 0 Å². The van der Waals surface area contributed by atoms with E-state index in [0.717, 1.165) is 26.1 Å². The number of carbonyl (C=O) groups excluding carboxylic acids is 1. The van der Waals surface area contributed by atoms with E-state index in [1.54, 1.807) is 0 Å². The van der Waals surface area contributed by atoms with Crippen LogP contribution in [0.15, 0.2) is 0 Å². The van der Waals surface area contributed by atoms with Crippen LogP contribution in [-0.4, -0.2) is 42.6 Å². The highest BCUT2D eigenvalue weighted by atomic mass is 16.2. The second-order valence-corrected chi connectivity index (χ2v) is 3.82. The molecule has 3 aliphatic heterocycles. The number of carbonyl (C=O) groups is 1. The third kappa shape index (κ3) is 1.63. The molecule has 3 aliphatic rings. The highest BCUT2D eigenvalue weighted by molar-refractivity contribution is 5.74. The largest absolute Gasteiger partial charge is 0.338 e. The lowest BCUT2D eigenvalue weighted by atomic mass is 9.93. The first kappa shape index (κ1) is 8.81. The lowest BCUT2D eigenvalue weighted by Crippen LogP contribution is -2.64. The van der Waals surface area contributed by atoms with Gasteiger partial charge in [-0.05, 0) is 19.8 Å². The summed E-state index contributed by atoms with van der Waals surface area (Å²) in [5, 5.41) is 6.28. The standard InChI is InChI=1S/C9H17N3O/c1-2-10-9(13)12-6-7-3-4-8(12)5-11-7/h7-8,11H,2-6H2,1H3,(H,10,13). The van der Waals surface area contributed by atoms with Crippen molar-refractivity contribution in [1.82, 2.24) is 15.5 Å². The number of hydrogen-bond donors (Lipinski definition) is 2. The number of rotatable bonds is 1. The Hall–Kier alpha value is -0.770. The molecule has 74 valence electrons. The molecule has 2 unspecified atom stereocenters. The normalized spacial score (nSPS) is 31.9. The first-order valence-electron chi connectivity index (χ1n) is 5.09. The third-order valence-electron chi connectivity index (χ3n) is 2.94. The fourth-order valence-corrected chi connectivity index (χ4v) is 2.21. The van der Waals surface area contributed by atoms with Crippen LogP contribution in [0.25, 0.3) is 0 Å². The Morgan fingerprint density at radius 2 is 2.46 bits per heavy atom. The van der Waals surface area contributed by atoms with E-state index in [2.05, 4.69) is 10.6 Å². The van der Waals surface area contributed by atoms with Gasteiger partial charge >= 0.3 is 6.03 Å². The second kappa shape index (κ2) is 3.54. The van der Waals surface area contributed by atoms with Crippen LogP contribution in [0, 0.1) is 0 Å². The SMILES string of the molecule is CCNC(=O)N1CC2CCC1CN2. The van der Waals surface area contributed by atoms with Crippen LogP contribution in [0.5, 0.6) is 0 Å². The number of hydrogen-bond acceptors (Lipinski definition) is 2. The van der Waals surface area contributed by atoms with Crippen molar-refractivity contribution in [1.29, 1.82) is 0 Å². The molecule has 0 radical (unpaired) electrons. The fraction of sp³-hybridized carbons (Fsp3) is 0.889. The molecule has 0 spiro atoms. The Labute approximate surface area is 78.7 Å². The van der Waals surface area contributed by atoms with Gasteiger partial charge in [-0.2, -0.15) is 0 Å². The zero-order valence-electron chi connectivity index (χ0n) is 8.05. The van der Waals surface area contributed by atoms with Gasteiger partial charge in [-0.15, -0.1) is 0 Å². The van der Waals surface area contributed by atoms with E-state index in [4.69, 9.17) is 0 Å². The quantitative estimate of drug-likeness (QED) is 0.608. The minimum Gasteiger partial charge on any atom is -0.338 e. The molecule has 3 rings (SSSR count). The van der Waals surface area contributed by atoms with Crippen LogP contribution >= 0.6 is 0 Å². The molecule has 0 aromatic heterocycles. The summed E-state index contributed by atoms with van der Waals surface area (Å²) in [6.07, 6.45) is 2.38. The van der Waals surface area contributed by atoms with Gasteiger partial charge in [0.25, 0.3) is 0 Å². The van der Waals surface area contributed by atoms with Gasteiger partial charge in [0.2, 0.25) is 0 Å². The Morgan fingerprint density at radius 3 is 2.92 bits per heavy atom. The van der Waals surface area contributed by atoms with Crippen molar-refractivity contribution in [2.24, 2.45) is 0 Å². The van der Waals surface area contributed by atoms with Crippen molar-refractivity contribution in [3.8, 4) is 0 Å². The van der Waals surface area contributed by atoms with E-state index in [0.29, 0.717) is 12.1 Å². The molecular formula is C9H17N3O. The summed E-state index contributed by atoms with van der Waals surface area (Å²) in [5.74, 6) is 0. The zero-order chi connectivity index (χ0) is 9.26. The van der Waals surface area contributed by atoms with Gasteiger partial charge in [0.1, 0.15) is 0 Å². The van der Waals surface area contributed by atoms with Crippen LogP contribution in [0.1, 0.15) is 19.8 Å². The van der Waals surface area contributed by atoms with E-state index in [1.165, 1.54) is 6.42 Å². The summed E-state index contributed by atoms with van der Waals surface area (Å²) in [4.78, 5) is 13.6. The summed E-state index contributed by atoms with van der Waals surface area (Å²) in [6, 6.07) is 1.07. The minimum atomic E-state index is 0.110. The van der Waals surface area contributed by atoms with Gasteiger partial charge < -0.3 is 15.5 Å². The van der Waals surface area contributed by atoms with Gasteiger partial charge in [-0.3, -0.25) is 0 Å². The van der Waals surface area contributed by atoms with Crippen molar-refractivity contribution in [3.63, 3.8) is 0 Å². The maximum atomic E-state index is 11.6. The predicted molar refractivity (Wildman–Crippen MR) is 50.6 cm³/mol. The summed E-state index contributed by atoms with van der Waals surface area (Å²) in [7, 11) is 0. The number of fused-ring (bicyclic) bond motifs is 3. The van der Waals surface area contributed by atoms with Crippen molar-refractivity contribution < 1.29 is 4.79 Å². The Bertz CT molecular complexity index is 199. The number of urea groups is 1. The summed E-state index contributed by atoms with van der Waals surface area (Å²) >= 11 is 0. The average molecular weight is 183 g/mol. The van der Waals surface area contributed by atoms with Gasteiger partial charge in [0.15, 0.2) is 0 Å². The molecule has 3 saturated heterocycles. The molecule has 4 nitrogen and oxygen atoms in total. The monoisotopic (exact) mass is 183 g/mol. The fourth-order valence-electron chi connectivity index (χ4n) is 2.21. The second-order valence-electron chi connectivity index (χ2n) is 3.82. The molecule has 2 bridgehead atoms. The van der Waals surface area contributed by atoms with Crippen molar-refractivity contribution in [2.45, 2.75) is 31.8 Å². The number of nitrogens with zero attached hydrogens (tertiary/aromatic N) is 1. The van der Waals surface area contributed by atoms with Gasteiger partial charge in [0, 0.05) is 31.7 Å². The summed E-state index contributed by atoms with van der Waals surface area (Å²) in [5.41, 5.74) is 0. The van der Waals surface area contributed by atoms with Crippen LogP contribution in [0.4, 0.5) is 4.79 Å². The van der Waals surface area contributed by atoms with Gasteiger partial charge in [-0.25, -0.2) is 4.79 Å². The van der Waals surface area contributed by atoms with E-state index < -0.39 is 0 Å². The topological polar surface area (TPSA) is 44.4 Å². The van der Waals surface area contributed by atoms with E-state index in [9.17, 15) is 4.79 Å². The summed E-state index contributed by atoms with van der Waals surface area (Å²) < 4.78 is 0. The number of piperazine rings is 1. The molecule has 3 fully saturated rings. The lowest BCUT2D eigenvalue weighted by molar-refractivity contribution is 0.0982. The summed E-state index contributed by atoms with van der Waals surface area (Å²) in [6.45, 7) is 4.54. The van der Waals surface area contributed by atoms with Crippen LogP contribution in [0.2, 0.25) is 0 Å². The van der Waals surface area contributed by atoms with E-state index in [1.807, 2.05) is 11.8 Å². The Morgan fingerprint density at radius 1 is 1.62 bits per heavy atom. The molecule has 0 aliphatic carbocycles. The molecule has 0 aromatic rings. The highest BCUT2D eigenvalue weighted by Gasteiger charge is 2.35. The molecule has 2 atom stereocenters. The zero-order valence-corrected chi connectivity index (χ0v) is 8.05. The first-order valence-corrected chi connectivity index (χ1v) is 5.09. The third-order valence-corrected chi connectivity index (χ3v) is 2.94. The van der Waals surface area contributed by atoms with Crippen LogP contribution < -0.4 is 10.6 Å². The Kier molecular flexibility index (Phi) is 2.40. The van der Waals surface area contributed by atoms with E-state index in [-0.39, 0.29) is 6.03 Å². The van der Waals surface area contributed by atoms with Crippen LogP contribution in [0.3, 0.4) is 0 Å². The van der Waals surface area contributed by atoms with Crippen molar-refractivity contribution in [3.05, 3.63) is 0 Å². The molecule has 2 N–H and O–H groups in total. The lowest BCUT2D eigenvalue weighted by Gasteiger charge is -2.45. The highest BCUT2D eigenvalue weighted by Crippen LogP contribution is 2.21. The number of piperidine rings is 2. The van der Waals surface area contributed by atoms with Crippen molar-refractivity contribution >= 4 is 6.03 Å². The smallest absolute Gasteiger partial charge is 0.317 e. The molecule has 3 heterocycles. The number of nitrogens with one attached hydrogen (secondary N) is 2. The van der Waals surface area contributed by atoms with Crippen molar-refractivity contribution in [2.75, 3.05) is 19.6 Å². The Balaban J connectivity index is 1.96. The molecular weight excluding hydrogens is 166 g/mol. The minimum absolute atomic E-state index is 0.110. The first-order chi connectivity index (χ1) is 6.31. The maximum Gasteiger partial charge on any atom is 0.317 e. The predicted octanol–water partition coefficient (Wildman–Crippen LogP) is 0.152.